The molecule has 1 aliphatic rings. The Kier molecular flexibility index (Phi) is 3.26. The Morgan fingerprint density at radius 1 is 1.30 bits per heavy atom. The van der Waals surface area contributed by atoms with Crippen LogP contribution in [0.3, 0.4) is 0 Å². The molecule has 1 fully saturated rings. The summed E-state index contributed by atoms with van der Waals surface area (Å²) in [5, 5.41) is 4.02. The van der Waals surface area contributed by atoms with Gasteiger partial charge in [0.2, 0.25) is 5.91 Å². The number of fused-ring (bicyclic) bond motifs is 1. The number of amides is 1. The molecular formula is C18H16N2O3. The van der Waals surface area contributed by atoms with Crippen LogP contribution in [0.4, 0.5) is 0 Å². The van der Waals surface area contributed by atoms with Crippen LogP contribution in [0.2, 0.25) is 0 Å². The first-order chi connectivity index (χ1) is 11.2. The topological polar surface area (TPSA) is 64.4 Å². The number of nitrogens with one attached hydrogen (secondary N) is 1. The summed E-state index contributed by atoms with van der Waals surface area (Å²) in [6.07, 6.45) is 3.90. The summed E-state index contributed by atoms with van der Waals surface area (Å²) < 4.78 is 10.7. The van der Waals surface area contributed by atoms with Crippen LogP contribution in [0.5, 0.6) is 5.75 Å². The number of benzene rings is 1. The number of methoxy groups -OCH3 is 1. The molecule has 0 bridgehead atoms. The van der Waals surface area contributed by atoms with E-state index in [-0.39, 0.29) is 17.9 Å². The molecule has 0 unspecified atom stereocenters. The van der Waals surface area contributed by atoms with Gasteiger partial charge in [-0.05, 0) is 35.9 Å². The molecule has 1 amide bonds. The van der Waals surface area contributed by atoms with E-state index in [2.05, 4.69) is 16.4 Å². The Bertz CT molecular complexity index is 858. The largest absolute Gasteiger partial charge is 0.497 e. The number of carbonyl (C=O) groups is 1. The number of hydrogen-bond acceptors (Lipinski definition) is 4. The highest BCUT2D eigenvalue weighted by Crippen LogP contribution is 2.39. The van der Waals surface area contributed by atoms with E-state index in [1.807, 2.05) is 36.5 Å². The lowest BCUT2D eigenvalue weighted by Gasteiger charge is -2.17. The Morgan fingerprint density at radius 2 is 2.22 bits per heavy atom. The van der Waals surface area contributed by atoms with E-state index in [1.54, 1.807) is 13.4 Å². The fraction of sp³-hybridized carbons (Fsp3) is 0.222. The summed E-state index contributed by atoms with van der Waals surface area (Å²) in [7, 11) is 1.64. The third-order valence-corrected chi connectivity index (χ3v) is 4.31. The molecule has 5 nitrogen and oxygen atoms in total. The molecule has 4 rings (SSSR count). The molecule has 0 saturated carbocycles. The van der Waals surface area contributed by atoms with Gasteiger partial charge in [-0.2, -0.15) is 0 Å². The molecule has 5 heteroatoms. The van der Waals surface area contributed by atoms with E-state index in [9.17, 15) is 4.79 Å². The Labute approximate surface area is 133 Å². The summed E-state index contributed by atoms with van der Waals surface area (Å²) >= 11 is 0. The standard InChI is InChI=1S/C18H16N2O3/c1-22-13-5-4-11-7-12(10-19-15(11)8-13)14-9-17(21)20-18(14)16-3-2-6-23-16/h2-8,10,14,18H,9H2,1H3,(H,20,21)/t14-,18-/m0/s1. The van der Waals surface area contributed by atoms with Crippen molar-refractivity contribution in [2.75, 3.05) is 7.11 Å². The third kappa shape index (κ3) is 2.44. The van der Waals surface area contributed by atoms with Gasteiger partial charge in [-0.25, -0.2) is 0 Å². The van der Waals surface area contributed by atoms with Gasteiger partial charge in [0.15, 0.2) is 0 Å². The van der Waals surface area contributed by atoms with Crippen molar-refractivity contribution >= 4 is 16.8 Å². The maximum atomic E-state index is 11.9. The van der Waals surface area contributed by atoms with Gasteiger partial charge in [-0.3, -0.25) is 9.78 Å². The first-order valence-electron chi connectivity index (χ1n) is 7.51. The van der Waals surface area contributed by atoms with Crippen LogP contribution in [-0.4, -0.2) is 18.0 Å². The number of ether oxygens (including phenoxy) is 1. The summed E-state index contributed by atoms with van der Waals surface area (Å²) in [5.74, 6) is 1.61. The number of pyridine rings is 1. The quantitative estimate of drug-likeness (QED) is 0.807. The maximum Gasteiger partial charge on any atom is 0.221 e. The van der Waals surface area contributed by atoms with E-state index in [1.165, 1.54) is 0 Å². The highest BCUT2D eigenvalue weighted by Gasteiger charge is 2.36. The first kappa shape index (κ1) is 13.8. The smallest absolute Gasteiger partial charge is 0.221 e. The van der Waals surface area contributed by atoms with Crippen LogP contribution in [0.25, 0.3) is 10.9 Å². The van der Waals surface area contributed by atoms with Crippen LogP contribution < -0.4 is 10.1 Å². The molecule has 23 heavy (non-hydrogen) atoms. The van der Waals surface area contributed by atoms with Crippen LogP contribution in [0.1, 0.15) is 29.7 Å². The SMILES string of the molecule is COc1ccc2cc([C@@H]3CC(=O)N[C@@H]3c3ccco3)cnc2c1. The summed E-state index contributed by atoms with van der Waals surface area (Å²) in [6, 6.07) is 11.5. The number of rotatable bonds is 3. The second-order valence-electron chi connectivity index (χ2n) is 5.70. The highest BCUT2D eigenvalue weighted by atomic mass is 16.5. The van der Waals surface area contributed by atoms with Crippen molar-refractivity contribution < 1.29 is 13.9 Å². The summed E-state index contributed by atoms with van der Waals surface area (Å²) in [4.78, 5) is 16.4. The van der Waals surface area contributed by atoms with Gasteiger partial charge < -0.3 is 14.5 Å². The van der Waals surface area contributed by atoms with E-state index < -0.39 is 0 Å². The maximum absolute atomic E-state index is 11.9. The first-order valence-corrected chi connectivity index (χ1v) is 7.51. The number of aromatic nitrogens is 1. The van der Waals surface area contributed by atoms with E-state index in [0.29, 0.717) is 6.42 Å². The molecule has 1 aromatic carbocycles. The Morgan fingerprint density at radius 3 is 3.00 bits per heavy atom. The molecule has 0 spiro atoms. The van der Waals surface area contributed by atoms with Crippen molar-refractivity contribution in [3.8, 4) is 5.75 Å². The molecule has 1 saturated heterocycles. The van der Waals surface area contributed by atoms with Crippen molar-refractivity contribution in [3.63, 3.8) is 0 Å². The van der Waals surface area contributed by atoms with Crippen molar-refractivity contribution in [1.29, 1.82) is 0 Å². The molecule has 3 heterocycles. The molecule has 0 aliphatic carbocycles. The molecule has 0 radical (unpaired) electrons. The molecule has 116 valence electrons. The van der Waals surface area contributed by atoms with Gasteiger partial charge in [0.25, 0.3) is 0 Å². The minimum Gasteiger partial charge on any atom is -0.497 e. The molecule has 2 aromatic heterocycles. The van der Waals surface area contributed by atoms with Crippen LogP contribution >= 0.6 is 0 Å². The molecule has 2 atom stereocenters. The minimum atomic E-state index is -0.144. The monoisotopic (exact) mass is 308 g/mol. The molecule has 1 aliphatic heterocycles. The summed E-state index contributed by atoms with van der Waals surface area (Å²) in [5.41, 5.74) is 1.90. The minimum absolute atomic E-state index is 0.0210. The van der Waals surface area contributed by atoms with Gasteiger partial charge in [-0.1, -0.05) is 0 Å². The zero-order valence-electron chi connectivity index (χ0n) is 12.7. The number of carbonyl (C=O) groups excluding carboxylic acids is 1. The number of nitrogens with zero attached hydrogens (tertiary/aromatic N) is 1. The van der Waals surface area contributed by atoms with Crippen molar-refractivity contribution in [3.05, 3.63) is 60.2 Å². The van der Waals surface area contributed by atoms with Crippen molar-refractivity contribution in [2.45, 2.75) is 18.4 Å². The van der Waals surface area contributed by atoms with Gasteiger partial charge >= 0.3 is 0 Å². The zero-order chi connectivity index (χ0) is 15.8. The Balaban J connectivity index is 1.73. The highest BCUT2D eigenvalue weighted by molar-refractivity contribution is 5.83. The van der Waals surface area contributed by atoms with Gasteiger partial charge in [0.1, 0.15) is 11.5 Å². The number of furan rings is 1. The average molecular weight is 308 g/mol. The van der Waals surface area contributed by atoms with E-state index in [4.69, 9.17) is 9.15 Å². The van der Waals surface area contributed by atoms with Crippen LogP contribution in [-0.2, 0) is 4.79 Å². The van der Waals surface area contributed by atoms with E-state index in [0.717, 1.165) is 28.0 Å². The van der Waals surface area contributed by atoms with Crippen LogP contribution in [0.15, 0.2) is 53.3 Å². The fourth-order valence-electron chi connectivity index (χ4n) is 3.15. The predicted molar refractivity (Wildman–Crippen MR) is 85.2 cm³/mol. The normalized spacial score (nSPS) is 20.7. The number of hydrogen-bond donors (Lipinski definition) is 1. The lowest BCUT2D eigenvalue weighted by Crippen LogP contribution is -2.19. The average Bonchev–Trinajstić information content (AvgIpc) is 3.23. The van der Waals surface area contributed by atoms with Gasteiger partial charge in [-0.15, -0.1) is 0 Å². The zero-order valence-corrected chi connectivity index (χ0v) is 12.7. The predicted octanol–water partition coefficient (Wildman–Crippen LogP) is 3.18. The van der Waals surface area contributed by atoms with Crippen LogP contribution in [0, 0.1) is 0 Å². The van der Waals surface area contributed by atoms with Crippen molar-refractivity contribution in [2.24, 2.45) is 0 Å². The Hall–Kier alpha value is -2.82. The van der Waals surface area contributed by atoms with E-state index >= 15 is 0 Å². The second kappa shape index (κ2) is 5.43. The molecule has 1 N–H and O–H groups in total. The fourth-order valence-corrected chi connectivity index (χ4v) is 3.15. The van der Waals surface area contributed by atoms with Crippen molar-refractivity contribution in [1.82, 2.24) is 10.3 Å². The lowest BCUT2D eigenvalue weighted by atomic mass is 9.91. The lowest BCUT2D eigenvalue weighted by molar-refractivity contribution is -0.119. The summed E-state index contributed by atoms with van der Waals surface area (Å²) in [6.45, 7) is 0. The molecular weight excluding hydrogens is 292 g/mol. The third-order valence-electron chi connectivity index (χ3n) is 4.31. The molecule has 3 aromatic rings. The van der Waals surface area contributed by atoms with Gasteiger partial charge in [0, 0.05) is 30.0 Å². The second-order valence-corrected chi connectivity index (χ2v) is 5.70. The van der Waals surface area contributed by atoms with Gasteiger partial charge in [0.05, 0.1) is 24.9 Å².